The van der Waals surface area contributed by atoms with Gasteiger partial charge < -0.3 is 14.8 Å². The molecule has 2 rings (SSSR count). The zero-order valence-corrected chi connectivity index (χ0v) is 9.50. The topological polar surface area (TPSA) is 47.6 Å². The van der Waals surface area contributed by atoms with Gasteiger partial charge in [0, 0.05) is 18.2 Å². The Morgan fingerprint density at radius 2 is 2.12 bits per heavy atom. The number of nitrogens with one attached hydrogen (secondary N) is 1. The molecule has 16 heavy (non-hydrogen) atoms. The normalized spacial score (nSPS) is 13.4. The van der Waals surface area contributed by atoms with Crippen molar-refractivity contribution in [3.63, 3.8) is 0 Å². The molecule has 1 aliphatic heterocycles. The van der Waals surface area contributed by atoms with Gasteiger partial charge in [-0.15, -0.1) is 0 Å². The lowest BCUT2D eigenvalue weighted by atomic mass is 10.0. The second kappa shape index (κ2) is 4.43. The van der Waals surface area contributed by atoms with Crippen LogP contribution < -0.4 is 14.8 Å². The van der Waals surface area contributed by atoms with E-state index in [0.29, 0.717) is 18.8 Å². The zero-order chi connectivity index (χ0) is 11.5. The molecule has 1 heterocycles. The standard InChI is InChI=1S/C12H15NO3/c1-3-8-9(12(14)13-2)4-5-10-11(8)16-7-6-15-10/h4-5H,3,6-7H2,1-2H3,(H,13,14). The van der Waals surface area contributed by atoms with Gasteiger partial charge in [-0.1, -0.05) is 6.92 Å². The summed E-state index contributed by atoms with van der Waals surface area (Å²) in [4.78, 5) is 11.7. The SMILES string of the molecule is CCc1c(C(=O)NC)ccc2c1OCCO2. The van der Waals surface area contributed by atoms with Crippen molar-refractivity contribution in [2.75, 3.05) is 20.3 Å². The third-order valence-electron chi connectivity index (χ3n) is 2.64. The van der Waals surface area contributed by atoms with Crippen LogP contribution in [0.2, 0.25) is 0 Å². The van der Waals surface area contributed by atoms with Gasteiger partial charge in [0.15, 0.2) is 11.5 Å². The summed E-state index contributed by atoms with van der Waals surface area (Å²) < 4.78 is 11.1. The lowest BCUT2D eigenvalue weighted by molar-refractivity contribution is 0.0960. The molecule has 0 aromatic heterocycles. The van der Waals surface area contributed by atoms with E-state index in [1.165, 1.54) is 0 Å². The van der Waals surface area contributed by atoms with Gasteiger partial charge in [0.25, 0.3) is 5.91 Å². The monoisotopic (exact) mass is 221 g/mol. The third kappa shape index (κ3) is 1.71. The highest BCUT2D eigenvalue weighted by Crippen LogP contribution is 2.36. The van der Waals surface area contributed by atoms with E-state index in [1.807, 2.05) is 6.92 Å². The number of fused-ring (bicyclic) bond motifs is 1. The molecule has 0 atom stereocenters. The molecule has 1 aliphatic rings. The van der Waals surface area contributed by atoms with Crippen LogP contribution in [-0.2, 0) is 6.42 Å². The fourth-order valence-electron chi connectivity index (χ4n) is 1.87. The number of hydrogen-bond acceptors (Lipinski definition) is 3. The molecule has 0 spiro atoms. The summed E-state index contributed by atoms with van der Waals surface area (Å²) >= 11 is 0. The molecule has 86 valence electrons. The summed E-state index contributed by atoms with van der Waals surface area (Å²) in [6, 6.07) is 3.57. The maximum atomic E-state index is 11.7. The van der Waals surface area contributed by atoms with Crippen LogP contribution in [0.5, 0.6) is 11.5 Å². The molecule has 0 aliphatic carbocycles. The van der Waals surface area contributed by atoms with Crippen molar-refractivity contribution in [3.05, 3.63) is 23.3 Å². The summed E-state index contributed by atoms with van der Waals surface area (Å²) in [5.74, 6) is 1.36. The average molecular weight is 221 g/mol. The summed E-state index contributed by atoms with van der Waals surface area (Å²) in [5.41, 5.74) is 1.57. The van der Waals surface area contributed by atoms with Gasteiger partial charge in [0.1, 0.15) is 13.2 Å². The van der Waals surface area contributed by atoms with Gasteiger partial charge in [-0.2, -0.15) is 0 Å². The molecule has 4 nitrogen and oxygen atoms in total. The highest BCUT2D eigenvalue weighted by molar-refractivity contribution is 5.96. The van der Waals surface area contributed by atoms with E-state index in [2.05, 4.69) is 5.32 Å². The van der Waals surface area contributed by atoms with E-state index in [9.17, 15) is 4.79 Å². The maximum absolute atomic E-state index is 11.7. The van der Waals surface area contributed by atoms with Gasteiger partial charge >= 0.3 is 0 Å². The first-order valence-corrected chi connectivity index (χ1v) is 5.41. The fourth-order valence-corrected chi connectivity index (χ4v) is 1.87. The van der Waals surface area contributed by atoms with Gasteiger partial charge in [-0.3, -0.25) is 4.79 Å². The van der Waals surface area contributed by atoms with Gasteiger partial charge in [-0.25, -0.2) is 0 Å². The van der Waals surface area contributed by atoms with Crippen LogP contribution in [0.1, 0.15) is 22.8 Å². The predicted molar refractivity (Wildman–Crippen MR) is 60.2 cm³/mol. The number of ether oxygens (including phenoxy) is 2. The lowest BCUT2D eigenvalue weighted by Crippen LogP contribution is -2.22. The third-order valence-corrected chi connectivity index (χ3v) is 2.64. The molecule has 1 N–H and O–H groups in total. The Balaban J connectivity index is 2.51. The number of hydrogen-bond donors (Lipinski definition) is 1. The van der Waals surface area contributed by atoms with Crippen LogP contribution in [0.3, 0.4) is 0 Å². The Morgan fingerprint density at radius 1 is 1.38 bits per heavy atom. The van der Waals surface area contributed by atoms with Gasteiger partial charge in [-0.05, 0) is 18.6 Å². The van der Waals surface area contributed by atoms with Crippen molar-refractivity contribution in [1.82, 2.24) is 5.32 Å². The molecule has 0 bridgehead atoms. The molecule has 1 amide bonds. The molecular formula is C12H15NO3. The molecule has 0 saturated heterocycles. The fraction of sp³-hybridized carbons (Fsp3) is 0.417. The Morgan fingerprint density at radius 3 is 2.81 bits per heavy atom. The number of amides is 1. The zero-order valence-electron chi connectivity index (χ0n) is 9.50. The van der Waals surface area contributed by atoms with E-state index >= 15 is 0 Å². The van der Waals surface area contributed by atoms with Gasteiger partial charge in [0.2, 0.25) is 0 Å². The number of carbonyl (C=O) groups is 1. The van der Waals surface area contributed by atoms with Crippen LogP contribution in [0, 0.1) is 0 Å². The number of rotatable bonds is 2. The Hall–Kier alpha value is -1.71. The van der Waals surface area contributed by atoms with E-state index < -0.39 is 0 Å². The van der Waals surface area contributed by atoms with Crippen LogP contribution >= 0.6 is 0 Å². The number of carbonyl (C=O) groups excluding carboxylic acids is 1. The first-order chi connectivity index (χ1) is 7.77. The van der Waals surface area contributed by atoms with Crippen molar-refractivity contribution >= 4 is 5.91 Å². The number of benzene rings is 1. The van der Waals surface area contributed by atoms with E-state index in [0.717, 1.165) is 23.5 Å². The molecule has 0 saturated carbocycles. The average Bonchev–Trinajstić information content (AvgIpc) is 2.36. The predicted octanol–water partition coefficient (Wildman–Crippen LogP) is 1.38. The highest BCUT2D eigenvalue weighted by atomic mass is 16.6. The first-order valence-electron chi connectivity index (χ1n) is 5.41. The first kappa shape index (κ1) is 10.8. The molecule has 0 radical (unpaired) electrons. The molecule has 0 fully saturated rings. The molecular weight excluding hydrogens is 206 g/mol. The molecule has 4 heteroatoms. The van der Waals surface area contributed by atoms with Crippen molar-refractivity contribution in [3.8, 4) is 11.5 Å². The van der Waals surface area contributed by atoms with Gasteiger partial charge in [0.05, 0.1) is 0 Å². The van der Waals surface area contributed by atoms with E-state index in [4.69, 9.17) is 9.47 Å². The highest BCUT2D eigenvalue weighted by Gasteiger charge is 2.20. The van der Waals surface area contributed by atoms with Crippen LogP contribution in [0.15, 0.2) is 12.1 Å². The van der Waals surface area contributed by atoms with Crippen molar-refractivity contribution in [2.45, 2.75) is 13.3 Å². The minimum atomic E-state index is -0.0891. The minimum Gasteiger partial charge on any atom is -0.486 e. The summed E-state index contributed by atoms with van der Waals surface area (Å²) in [6.07, 6.45) is 0.745. The van der Waals surface area contributed by atoms with Crippen molar-refractivity contribution in [1.29, 1.82) is 0 Å². The summed E-state index contributed by atoms with van der Waals surface area (Å²) in [5, 5.41) is 2.63. The van der Waals surface area contributed by atoms with E-state index in [-0.39, 0.29) is 5.91 Å². The molecule has 0 unspecified atom stereocenters. The van der Waals surface area contributed by atoms with Crippen LogP contribution in [0.4, 0.5) is 0 Å². The van der Waals surface area contributed by atoms with Crippen molar-refractivity contribution in [2.24, 2.45) is 0 Å². The Kier molecular flexibility index (Phi) is 2.99. The maximum Gasteiger partial charge on any atom is 0.251 e. The Labute approximate surface area is 94.6 Å². The van der Waals surface area contributed by atoms with E-state index in [1.54, 1.807) is 19.2 Å². The quantitative estimate of drug-likeness (QED) is 0.820. The minimum absolute atomic E-state index is 0.0891. The summed E-state index contributed by atoms with van der Waals surface area (Å²) in [7, 11) is 1.62. The summed E-state index contributed by atoms with van der Waals surface area (Å²) in [6.45, 7) is 3.10. The van der Waals surface area contributed by atoms with Crippen molar-refractivity contribution < 1.29 is 14.3 Å². The second-order valence-electron chi connectivity index (χ2n) is 3.55. The smallest absolute Gasteiger partial charge is 0.251 e. The van der Waals surface area contributed by atoms with Crippen LogP contribution in [0.25, 0.3) is 0 Å². The largest absolute Gasteiger partial charge is 0.486 e. The molecule has 1 aromatic rings. The Bertz CT molecular complexity index is 415. The van der Waals surface area contributed by atoms with Crippen LogP contribution in [-0.4, -0.2) is 26.2 Å². The molecule has 1 aromatic carbocycles. The second-order valence-corrected chi connectivity index (χ2v) is 3.55. The lowest BCUT2D eigenvalue weighted by Gasteiger charge is -2.22.